The highest BCUT2D eigenvalue weighted by Crippen LogP contribution is 2.50. The Bertz CT molecular complexity index is 1120. The highest BCUT2D eigenvalue weighted by molar-refractivity contribution is 5.87. The van der Waals surface area contributed by atoms with Gasteiger partial charge in [-0.2, -0.15) is 0 Å². The molecule has 0 aromatic heterocycles. The van der Waals surface area contributed by atoms with Crippen molar-refractivity contribution in [1.82, 2.24) is 0 Å². The van der Waals surface area contributed by atoms with E-state index in [4.69, 9.17) is 14.6 Å². The van der Waals surface area contributed by atoms with E-state index in [1.165, 1.54) is 12.1 Å². The molecule has 2 aromatic carbocycles. The molecule has 6 heteroatoms. The van der Waals surface area contributed by atoms with Crippen molar-refractivity contribution in [3.8, 4) is 17.6 Å². The summed E-state index contributed by atoms with van der Waals surface area (Å²) in [7, 11) is 0. The van der Waals surface area contributed by atoms with Gasteiger partial charge in [-0.1, -0.05) is 45.6 Å². The summed E-state index contributed by atoms with van der Waals surface area (Å²) in [4.78, 5) is 11.0. The number of benzene rings is 2. The van der Waals surface area contributed by atoms with E-state index in [0.717, 1.165) is 30.0 Å². The zero-order valence-electron chi connectivity index (χ0n) is 20.5. The molecule has 0 heterocycles. The summed E-state index contributed by atoms with van der Waals surface area (Å²) in [5.74, 6) is 4.10. The molecule has 1 unspecified atom stereocenters. The second kappa shape index (κ2) is 10.2. The van der Waals surface area contributed by atoms with Crippen LogP contribution in [0.3, 0.4) is 0 Å². The number of fused-ring (bicyclic) bond motifs is 1. The second-order valence-corrected chi connectivity index (χ2v) is 9.93. The number of ether oxygens (including phenoxy) is 2. The summed E-state index contributed by atoms with van der Waals surface area (Å²) in [5, 5.41) is 19.9. The Kier molecular flexibility index (Phi) is 7.70. The van der Waals surface area contributed by atoms with Crippen molar-refractivity contribution in [1.29, 1.82) is 0 Å². The number of rotatable bonds is 7. The minimum atomic E-state index is -1.21. The Hall–Kier alpha value is -2.88. The number of carbonyl (C=O) groups is 1. The van der Waals surface area contributed by atoms with Crippen LogP contribution in [-0.2, 0) is 15.6 Å². The number of aromatic carboxylic acids is 1. The Morgan fingerprint density at radius 3 is 2.47 bits per heavy atom. The van der Waals surface area contributed by atoms with Crippen molar-refractivity contribution in [3.05, 3.63) is 64.0 Å². The van der Waals surface area contributed by atoms with Gasteiger partial charge >= 0.3 is 5.97 Å². The van der Waals surface area contributed by atoms with E-state index in [2.05, 4.69) is 39.5 Å². The summed E-state index contributed by atoms with van der Waals surface area (Å²) in [6, 6.07) is 7.31. The predicted molar refractivity (Wildman–Crippen MR) is 129 cm³/mol. The summed E-state index contributed by atoms with van der Waals surface area (Å²) < 4.78 is 25.8. The SMILES string of the molecule is CCOCCOc1cc(C(O)C#Cc2ccc(C(=O)O)cc2F)cc2c1C(C)(C)CCC2(C)C. The van der Waals surface area contributed by atoms with Gasteiger partial charge in [0.1, 0.15) is 24.3 Å². The Morgan fingerprint density at radius 1 is 1.12 bits per heavy atom. The average Bonchev–Trinajstić information content (AvgIpc) is 2.78. The molecule has 2 N–H and O–H groups in total. The van der Waals surface area contributed by atoms with Gasteiger partial charge in [0, 0.05) is 12.2 Å². The van der Waals surface area contributed by atoms with E-state index >= 15 is 0 Å². The Morgan fingerprint density at radius 2 is 1.82 bits per heavy atom. The normalized spacial score (nSPS) is 16.7. The van der Waals surface area contributed by atoms with Crippen LogP contribution in [0.15, 0.2) is 30.3 Å². The number of aliphatic hydroxyl groups is 1. The predicted octanol–water partition coefficient (Wildman–Crippen LogP) is 5.37. The number of carboxylic acid groups (broad SMARTS) is 1. The minimum absolute atomic E-state index is 0.0247. The lowest BCUT2D eigenvalue weighted by Gasteiger charge is -2.43. The fourth-order valence-corrected chi connectivity index (χ4v) is 4.36. The fraction of sp³-hybridized carbons (Fsp3) is 0.464. The molecule has 0 saturated carbocycles. The number of carboxylic acids is 1. The first-order chi connectivity index (χ1) is 16.0. The van der Waals surface area contributed by atoms with Crippen molar-refractivity contribution < 1.29 is 28.9 Å². The quantitative estimate of drug-likeness (QED) is 0.422. The van der Waals surface area contributed by atoms with Crippen LogP contribution in [0.2, 0.25) is 0 Å². The molecule has 2 aromatic rings. The van der Waals surface area contributed by atoms with E-state index in [0.29, 0.717) is 31.1 Å². The number of hydrogen-bond donors (Lipinski definition) is 2. The third-order valence-electron chi connectivity index (χ3n) is 6.47. The molecule has 0 amide bonds. The molecule has 3 rings (SSSR count). The molecular formula is C28H33FO5. The standard InChI is InChI=1S/C28H33FO5/c1-6-33-13-14-34-24-17-20(15-21-25(24)28(4,5)12-11-27(21,2)3)23(30)10-9-18-7-8-19(26(31)32)16-22(18)29/h7-8,15-17,23,30H,6,11-14H2,1-5H3,(H,31,32). The maximum absolute atomic E-state index is 14.3. The summed E-state index contributed by atoms with van der Waals surface area (Å²) >= 11 is 0. The summed E-state index contributed by atoms with van der Waals surface area (Å²) in [5.41, 5.74) is 2.51. The van der Waals surface area contributed by atoms with Gasteiger partial charge in [-0.05, 0) is 66.0 Å². The largest absolute Gasteiger partial charge is 0.491 e. The van der Waals surface area contributed by atoms with Crippen LogP contribution >= 0.6 is 0 Å². The molecule has 0 bridgehead atoms. The van der Waals surface area contributed by atoms with E-state index in [1.807, 2.05) is 19.1 Å². The molecule has 5 nitrogen and oxygen atoms in total. The van der Waals surface area contributed by atoms with Gasteiger partial charge in [0.25, 0.3) is 0 Å². The maximum atomic E-state index is 14.3. The molecule has 0 aliphatic heterocycles. The van der Waals surface area contributed by atoms with Gasteiger partial charge in [-0.3, -0.25) is 0 Å². The topological polar surface area (TPSA) is 76.0 Å². The number of hydrogen-bond acceptors (Lipinski definition) is 4. The second-order valence-electron chi connectivity index (χ2n) is 9.93. The minimum Gasteiger partial charge on any atom is -0.491 e. The van der Waals surface area contributed by atoms with Gasteiger partial charge in [0.05, 0.1) is 17.7 Å². The summed E-state index contributed by atoms with van der Waals surface area (Å²) in [6.45, 7) is 12.2. The van der Waals surface area contributed by atoms with Crippen LogP contribution in [0.1, 0.15) is 86.2 Å². The molecule has 0 saturated heterocycles. The molecule has 1 atom stereocenters. The lowest BCUT2D eigenvalue weighted by molar-refractivity contribution is 0.0696. The maximum Gasteiger partial charge on any atom is 0.335 e. The Balaban J connectivity index is 2.00. The van der Waals surface area contributed by atoms with Gasteiger partial charge in [-0.15, -0.1) is 0 Å². The molecule has 182 valence electrons. The fourth-order valence-electron chi connectivity index (χ4n) is 4.36. The Labute approximate surface area is 200 Å². The van der Waals surface area contributed by atoms with E-state index in [9.17, 15) is 14.3 Å². The van der Waals surface area contributed by atoms with Crippen LogP contribution in [0, 0.1) is 17.7 Å². The van der Waals surface area contributed by atoms with E-state index in [-0.39, 0.29) is 22.0 Å². The van der Waals surface area contributed by atoms with Crippen molar-refractivity contribution in [2.24, 2.45) is 0 Å². The zero-order valence-corrected chi connectivity index (χ0v) is 20.5. The highest BCUT2D eigenvalue weighted by Gasteiger charge is 2.40. The molecule has 0 fully saturated rings. The van der Waals surface area contributed by atoms with E-state index in [1.54, 1.807) is 0 Å². The third-order valence-corrected chi connectivity index (χ3v) is 6.47. The average molecular weight is 469 g/mol. The monoisotopic (exact) mass is 468 g/mol. The molecule has 1 aliphatic carbocycles. The molecule has 0 radical (unpaired) electrons. The van der Waals surface area contributed by atoms with Crippen LogP contribution < -0.4 is 4.74 Å². The van der Waals surface area contributed by atoms with Crippen molar-refractivity contribution in [3.63, 3.8) is 0 Å². The molecule has 34 heavy (non-hydrogen) atoms. The highest BCUT2D eigenvalue weighted by atomic mass is 19.1. The summed E-state index contributed by atoms with van der Waals surface area (Å²) in [6.07, 6.45) is 0.846. The lowest BCUT2D eigenvalue weighted by Crippen LogP contribution is -2.34. The number of aliphatic hydroxyl groups excluding tert-OH is 1. The van der Waals surface area contributed by atoms with Gasteiger partial charge in [0.2, 0.25) is 0 Å². The van der Waals surface area contributed by atoms with Gasteiger partial charge in [0.15, 0.2) is 0 Å². The smallest absolute Gasteiger partial charge is 0.335 e. The molecular weight excluding hydrogens is 435 g/mol. The third kappa shape index (κ3) is 5.60. The van der Waals surface area contributed by atoms with Gasteiger partial charge in [-0.25, -0.2) is 9.18 Å². The first kappa shape index (κ1) is 25.7. The van der Waals surface area contributed by atoms with Crippen molar-refractivity contribution in [2.45, 2.75) is 64.4 Å². The molecule has 0 spiro atoms. The van der Waals surface area contributed by atoms with Crippen molar-refractivity contribution >= 4 is 5.97 Å². The van der Waals surface area contributed by atoms with E-state index < -0.39 is 17.9 Å². The van der Waals surface area contributed by atoms with Gasteiger partial charge < -0.3 is 19.7 Å². The molecule has 1 aliphatic rings. The lowest BCUT2D eigenvalue weighted by atomic mass is 9.62. The number of halogens is 1. The first-order valence-corrected chi connectivity index (χ1v) is 11.6. The zero-order chi connectivity index (χ0) is 25.1. The van der Waals surface area contributed by atoms with Crippen LogP contribution in [0.25, 0.3) is 0 Å². The van der Waals surface area contributed by atoms with Crippen molar-refractivity contribution in [2.75, 3.05) is 19.8 Å². The van der Waals surface area contributed by atoms with Crippen LogP contribution in [0.4, 0.5) is 4.39 Å². The van der Waals surface area contributed by atoms with Crippen LogP contribution in [0.5, 0.6) is 5.75 Å². The first-order valence-electron chi connectivity index (χ1n) is 11.6. The van der Waals surface area contributed by atoms with Crippen LogP contribution in [-0.4, -0.2) is 36.0 Å².